The van der Waals surface area contributed by atoms with Gasteiger partial charge in [-0.2, -0.15) is 0 Å². The SMILES string of the molecule is CC(C)C(NC(=O)CCC1NC(=O)N(c2ccccc2)C1=O)c1nc2ccccc2[nH]1. The average molecular weight is 419 g/mol. The number of fused-ring (bicyclic) bond motifs is 1. The van der Waals surface area contributed by atoms with Gasteiger partial charge in [-0.3, -0.25) is 9.59 Å². The quantitative estimate of drug-likeness (QED) is 0.511. The zero-order valence-corrected chi connectivity index (χ0v) is 17.5. The number of carbonyl (C=O) groups excluding carboxylic acids is 3. The van der Waals surface area contributed by atoms with E-state index in [1.807, 2.05) is 44.2 Å². The van der Waals surface area contributed by atoms with Crippen molar-refractivity contribution < 1.29 is 14.4 Å². The minimum absolute atomic E-state index is 0.114. The van der Waals surface area contributed by atoms with Crippen LogP contribution in [0.4, 0.5) is 10.5 Å². The molecule has 1 fully saturated rings. The molecule has 31 heavy (non-hydrogen) atoms. The second-order valence-corrected chi connectivity index (χ2v) is 7.98. The smallest absolute Gasteiger partial charge is 0.329 e. The van der Waals surface area contributed by atoms with Crippen LogP contribution >= 0.6 is 0 Å². The van der Waals surface area contributed by atoms with E-state index in [2.05, 4.69) is 20.6 Å². The molecule has 0 saturated carbocycles. The molecule has 3 aromatic rings. The van der Waals surface area contributed by atoms with Crippen molar-refractivity contribution >= 4 is 34.6 Å². The highest BCUT2D eigenvalue weighted by Crippen LogP contribution is 2.23. The molecule has 1 aliphatic rings. The van der Waals surface area contributed by atoms with Gasteiger partial charge in [0.1, 0.15) is 11.9 Å². The van der Waals surface area contributed by atoms with E-state index in [0.29, 0.717) is 11.5 Å². The first-order valence-corrected chi connectivity index (χ1v) is 10.4. The molecule has 1 aromatic heterocycles. The predicted molar refractivity (Wildman–Crippen MR) is 117 cm³/mol. The standard InChI is InChI=1S/C23H25N5O3/c1-14(2)20(21-24-16-10-6-7-11-17(16)25-21)27-19(29)13-12-18-22(30)28(23(31)26-18)15-8-4-3-5-9-15/h3-11,14,18,20H,12-13H2,1-2H3,(H,24,25)(H,26,31)(H,27,29). The molecular formula is C23H25N5O3. The number of urea groups is 1. The van der Waals surface area contributed by atoms with Gasteiger partial charge < -0.3 is 15.6 Å². The maximum atomic E-state index is 12.7. The monoisotopic (exact) mass is 419 g/mol. The highest BCUT2D eigenvalue weighted by atomic mass is 16.2. The van der Waals surface area contributed by atoms with Gasteiger partial charge in [0.15, 0.2) is 0 Å². The molecule has 2 aromatic carbocycles. The summed E-state index contributed by atoms with van der Waals surface area (Å²) in [5.74, 6) is 0.275. The molecule has 0 aliphatic carbocycles. The molecule has 160 valence electrons. The molecule has 1 saturated heterocycles. The lowest BCUT2D eigenvalue weighted by atomic mass is 10.0. The van der Waals surface area contributed by atoms with Gasteiger partial charge in [0, 0.05) is 6.42 Å². The van der Waals surface area contributed by atoms with Crippen LogP contribution in [0.1, 0.15) is 38.6 Å². The Morgan fingerprint density at radius 2 is 1.81 bits per heavy atom. The van der Waals surface area contributed by atoms with E-state index < -0.39 is 12.1 Å². The van der Waals surface area contributed by atoms with Crippen LogP contribution in [-0.4, -0.2) is 33.9 Å². The van der Waals surface area contributed by atoms with E-state index >= 15 is 0 Å². The van der Waals surface area contributed by atoms with Crippen LogP contribution in [-0.2, 0) is 9.59 Å². The van der Waals surface area contributed by atoms with Gasteiger partial charge in [0.05, 0.1) is 22.8 Å². The van der Waals surface area contributed by atoms with Crippen molar-refractivity contribution in [2.24, 2.45) is 5.92 Å². The van der Waals surface area contributed by atoms with Gasteiger partial charge in [-0.1, -0.05) is 44.2 Å². The van der Waals surface area contributed by atoms with Gasteiger partial charge >= 0.3 is 6.03 Å². The van der Waals surface area contributed by atoms with Crippen LogP contribution < -0.4 is 15.5 Å². The number of anilines is 1. The molecule has 0 radical (unpaired) electrons. The van der Waals surface area contributed by atoms with E-state index in [9.17, 15) is 14.4 Å². The van der Waals surface area contributed by atoms with E-state index in [1.54, 1.807) is 24.3 Å². The van der Waals surface area contributed by atoms with Gasteiger partial charge in [-0.15, -0.1) is 0 Å². The lowest BCUT2D eigenvalue weighted by Gasteiger charge is -2.20. The number of nitrogens with zero attached hydrogens (tertiary/aromatic N) is 2. The molecule has 2 atom stereocenters. The Bertz CT molecular complexity index is 1080. The Labute approximate surface area is 180 Å². The average Bonchev–Trinajstić information content (AvgIpc) is 3.31. The van der Waals surface area contributed by atoms with E-state index in [1.165, 1.54) is 0 Å². The van der Waals surface area contributed by atoms with E-state index in [4.69, 9.17) is 0 Å². The Morgan fingerprint density at radius 3 is 2.52 bits per heavy atom. The summed E-state index contributed by atoms with van der Waals surface area (Å²) in [4.78, 5) is 46.6. The first-order chi connectivity index (χ1) is 14.9. The molecule has 2 heterocycles. The minimum atomic E-state index is -0.720. The van der Waals surface area contributed by atoms with Gasteiger partial charge in [-0.05, 0) is 36.6 Å². The third-order valence-corrected chi connectivity index (χ3v) is 5.38. The Morgan fingerprint density at radius 1 is 1.10 bits per heavy atom. The largest absolute Gasteiger partial charge is 0.346 e. The fourth-order valence-corrected chi connectivity index (χ4v) is 3.74. The second-order valence-electron chi connectivity index (χ2n) is 7.98. The molecular weight excluding hydrogens is 394 g/mol. The normalized spacial score (nSPS) is 17.3. The molecule has 0 bridgehead atoms. The molecule has 3 N–H and O–H groups in total. The van der Waals surface area contributed by atoms with Gasteiger partial charge in [-0.25, -0.2) is 14.7 Å². The summed E-state index contributed by atoms with van der Waals surface area (Å²) in [7, 11) is 0. The number of nitrogens with one attached hydrogen (secondary N) is 3. The zero-order valence-electron chi connectivity index (χ0n) is 17.5. The maximum Gasteiger partial charge on any atom is 0.329 e. The Balaban J connectivity index is 1.39. The van der Waals surface area contributed by atoms with Crippen molar-refractivity contribution in [3.05, 3.63) is 60.4 Å². The van der Waals surface area contributed by atoms with Crippen LogP contribution in [0.3, 0.4) is 0 Å². The van der Waals surface area contributed by atoms with Crippen molar-refractivity contribution in [1.82, 2.24) is 20.6 Å². The fraction of sp³-hybridized carbons (Fsp3) is 0.304. The van der Waals surface area contributed by atoms with Crippen molar-refractivity contribution in [3.8, 4) is 0 Å². The van der Waals surface area contributed by atoms with Crippen molar-refractivity contribution in [2.75, 3.05) is 4.90 Å². The number of hydrogen-bond acceptors (Lipinski definition) is 4. The van der Waals surface area contributed by atoms with Crippen molar-refractivity contribution in [2.45, 2.75) is 38.8 Å². The minimum Gasteiger partial charge on any atom is -0.346 e. The summed E-state index contributed by atoms with van der Waals surface area (Å²) in [5.41, 5.74) is 2.28. The first kappa shape index (κ1) is 20.6. The van der Waals surface area contributed by atoms with Crippen molar-refractivity contribution in [1.29, 1.82) is 0 Å². The van der Waals surface area contributed by atoms with E-state index in [-0.39, 0.29) is 36.6 Å². The molecule has 0 spiro atoms. The third-order valence-electron chi connectivity index (χ3n) is 5.38. The van der Waals surface area contributed by atoms with Crippen molar-refractivity contribution in [3.63, 3.8) is 0 Å². The summed E-state index contributed by atoms with van der Waals surface area (Å²) < 4.78 is 0. The summed E-state index contributed by atoms with van der Waals surface area (Å²) in [6, 6.07) is 15.0. The number of aromatic nitrogens is 2. The van der Waals surface area contributed by atoms with Crippen LogP contribution in [0.5, 0.6) is 0 Å². The third kappa shape index (κ3) is 4.28. The highest BCUT2D eigenvalue weighted by molar-refractivity contribution is 6.21. The molecule has 8 heteroatoms. The van der Waals surface area contributed by atoms with Gasteiger partial charge in [0.25, 0.3) is 5.91 Å². The highest BCUT2D eigenvalue weighted by Gasteiger charge is 2.39. The van der Waals surface area contributed by atoms with E-state index in [0.717, 1.165) is 15.9 Å². The molecule has 2 unspecified atom stereocenters. The topological polar surface area (TPSA) is 107 Å². The molecule has 8 nitrogen and oxygen atoms in total. The summed E-state index contributed by atoms with van der Waals surface area (Å²) in [6.45, 7) is 4.02. The zero-order chi connectivity index (χ0) is 22.0. The Kier molecular flexibility index (Phi) is 5.70. The number of H-pyrrole nitrogens is 1. The number of aromatic amines is 1. The number of amides is 4. The second kappa shape index (κ2) is 8.59. The number of para-hydroxylation sites is 3. The van der Waals surface area contributed by atoms with Crippen LogP contribution in [0.25, 0.3) is 11.0 Å². The molecule has 1 aliphatic heterocycles. The number of rotatable bonds is 7. The summed E-state index contributed by atoms with van der Waals surface area (Å²) in [5, 5.41) is 5.69. The predicted octanol–water partition coefficient (Wildman–Crippen LogP) is 3.28. The number of imide groups is 1. The lowest BCUT2D eigenvalue weighted by Crippen LogP contribution is -2.35. The molecule has 4 amide bonds. The Hall–Kier alpha value is -3.68. The van der Waals surface area contributed by atoms with Crippen LogP contribution in [0, 0.1) is 5.92 Å². The summed E-state index contributed by atoms with van der Waals surface area (Å²) >= 11 is 0. The maximum absolute atomic E-state index is 12.7. The van der Waals surface area contributed by atoms with Crippen LogP contribution in [0.15, 0.2) is 54.6 Å². The first-order valence-electron chi connectivity index (χ1n) is 10.4. The summed E-state index contributed by atoms with van der Waals surface area (Å²) in [6.07, 6.45) is 0.341. The van der Waals surface area contributed by atoms with Gasteiger partial charge in [0.2, 0.25) is 5.91 Å². The number of carbonyl (C=O) groups is 3. The number of hydrogen-bond donors (Lipinski definition) is 3. The fourth-order valence-electron chi connectivity index (χ4n) is 3.74. The lowest BCUT2D eigenvalue weighted by molar-refractivity contribution is -0.122. The van der Waals surface area contributed by atoms with Crippen LogP contribution in [0.2, 0.25) is 0 Å². The molecule has 4 rings (SSSR count). The number of benzene rings is 2. The number of imidazole rings is 1.